The van der Waals surface area contributed by atoms with Crippen molar-refractivity contribution in [1.29, 1.82) is 0 Å². The van der Waals surface area contributed by atoms with Gasteiger partial charge in [-0.25, -0.2) is 0 Å². The van der Waals surface area contributed by atoms with Crippen molar-refractivity contribution < 1.29 is 28.7 Å². The lowest BCUT2D eigenvalue weighted by molar-refractivity contribution is -0.192. The van der Waals surface area contributed by atoms with Crippen LogP contribution in [0.1, 0.15) is 25.7 Å². The van der Waals surface area contributed by atoms with Gasteiger partial charge in [0.2, 0.25) is 0 Å². The van der Waals surface area contributed by atoms with Gasteiger partial charge in [0.25, 0.3) is 0 Å². The highest BCUT2D eigenvalue weighted by Gasteiger charge is 2.72. The maximum Gasteiger partial charge on any atom is 0.319 e. The number of Topliss-reactive ketones (excluding diaryl/α,β-unsaturated/α-hetero) is 2. The van der Waals surface area contributed by atoms with Gasteiger partial charge < -0.3 is 9.47 Å². The molecule has 4 saturated carbocycles. The minimum absolute atomic E-state index is 0.0932. The molecule has 0 N–H and O–H groups in total. The number of esters is 2. The molecule has 6 nitrogen and oxygen atoms in total. The van der Waals surface area contributed by atoms with Gasteiger partial charge in [0.05, 0.1) is 14.2 Å². The fourth-order valence-corrected chi connectivity index (χ4v) is 4.47. The highest BCUT2D eigenvalue weighted by Crippen LogP contribution is 2.62. The van der Waals surface area contributed by atoms with E-state index in [1.54, 1.807) is 0 Å². The van der Waals surface area contributed by atoms with E-state index < -0.39 is 34.6 Å². The summed E-state index contributed by atoms with van der Waals surface area (Å²) in [6.07, 6.45) is 0.693. The van der Waals surface area contributed by atoms with Gasteiger partial charge in [0, 0.05) is 11.8 Å². The summed E-state index contributed by atoms with van der Waals surface area (Å²) in [6, 6.07) is 0. The third kappa shape index (κ3) is 1.29. The normalized spacial score (nSPS) is 41.7. The van der Waals surface area contributed by atoms with E-state index in [1.807, 2.05) is 0 Å². The average molecular weight is 280 g/mol. The Morgan fingerprint density at radius 1 is 0.950 bits per heavy atom. The second kappa shape index (κ2) is 3.90. The molecule has 4 atom stereocenters. The van der Waals surface area contributed by atoms with E-state index in [4.69, 9.17) is 9.47 Å². The lowest BCUT2D eigenvalue weighted by Crippen LogP contribution is -2.67. The predicted octanol–water partition coefficient (Wildman–Crippen LogP) is 0.277. The molecule has 4 fully saturated rings. The van der Waals surface area contributed by atoms with Crippen LogP contribution in [0.25, 0.3) is 0 Å². The molecule has 108 valence electrons. The SMILES string of the molecule is COC(=O)[C@]12C[C@@H]3C[C@H](C[C@@](C(=O)OC)(C1)C3=O)C2=O. The summed E-state index contributed by atoms with van der Waals surface area (Å²) in [4.78, 5) is 49.2. The Hall–Kier alpha value is -1.72. The second-order valence-electron chi connectivity index (χ2n) is 6.09. The molecule has 4 aliphatic rings. The zero-order valence-corrected chi connectivity index (χ0v) is 11.4. The highest BCUT2D eigenvalue weighted by atomic mass is 16.5. The highest BCUT2D eigenvalue weighted by molar-refractivity contribution is 6.16. The van der Waals surface area contributed by atoms with Crippen molar-refractivity contribution >= 4 is 23.5 Å². The number of carbonyl (C=O) groups excluding carboxylic acids is 4. The van der Waals surface area contributed by atoms with Crippen molar-refractivity contribution in [2.24, 2.45) is 22.7 Å². The number of hydrogen-bond donors (Lipinski definition) is 0. The van der Waals surface area contributed by atoms with Crippen molar-refractivity contribution in [1.82, 2.24) is 0 Å². The molecule has 0 aromatic rings. The Labute approximate surface area is 115 Å². The molecule has 0 radical (unpaired) electrons. The van der Waals surface area contributed by atoms with Crippen molar-refractivity contribution in [3.05, 3.63) is 0 Å². The van der Waals surface area contributed by atoms with E-state index in [9.17, 15) is 19.2 Å². The van der Waals surface area contributed by atoms with Gasteiger partial charge in [0.15, 0.2) is 11.6 Å². The Balaban J connectivity index is 2.13. The van der Waals surface area contributed by atoms with Crippen molar-refractivity contribution in [3.8, 4) is 0 Å². The lowest BCUT2D eigenvalue weighted by Gasteiger charge is -2.56. The number of ketones is 2. The third-order valence-corrected chi connectivity index (χ3v) is 5.20. The van der Waals surface area contributed by atoms with Gasteiger partial charge in [-0.15, -0.1) is 0 Å². The van der Waals surface area contributed by atoms with Crippen molar-refractivity contribution in [2.75, 3.05) is 14.2 Å². The number of methoxy groups -OCH3 is 2. The molecule has 0 aliphatic heterocycles. The van der Waals surface area contributed by atoms with Crippen LogP contribution < -0.4 is 0 Å². The molecular weight excluding hydrogens is 264 g/mol. The molecule has 4 bridgehead atoms. The Kier molecular flexibility index (Phi) is 2.59. The van der Waals surface area contributed by atoms with Crippen LogP contribution in [0.4, 0.5) is 0 Å². The van der Waals surface area contributed by atoms with Gasteiger partial charge in [-0.1, -0.05) is 0 Å². The van der Waals surface area contributed by atoms with Gasteiger partial charge in [-0.3, -0.25) is 19.2 Å². The standard InChI is InChI=1S/C14H16O6/c1-19-11(17)13-4-7-3-8(9(13)15)5-14(6-13,10(7)16)12(18)20-2/h7-8H,3-6H2,1-2H3/t7-,8+,13-,14-/m1/s1. The zero-order chi connectivity index (χ0) is 14.7. The predicted molar refractivity (Wildman–Crippen MR) is 64.4 cm³/mol. The maximum atomic E-state index is 12.5. The first-order valence-electron chi connectivity index (χ1n) is 6.67. The molecule has 4 aliphatic carbocycles. The maximum absolute atomic E-state index is 12.5. The first kappa shape index (κ1) is 13.3. The van der Waals surface area contributed by atoms with Crippen molar-refractivity contribution in [3.63, 3.8) is 0 Å². The molecule has 4 rings (SSSR count). The van der Waals surface area contributed by atoms with Gasteiger partial charge >= 0.3 is 11.9 Å². The minimum atomic E-state index is -1.33. The van der Waals surface area contributed by atoms with Crippen LogP contribution in [0.5, 0.6) is 0 Å². The smallest absolute Gasteiger partial charge is 0.319 e. The number of carbonyl (C=O) groups is 4. The van der Waals surface area contributed by atoms with Crippen LogP contribution in [0.15, 0.2) is 0 Å². The van der Waals surface area contributed by atoms with Crippen LogP contribution in [0.2, 0.25) is 0 Å². The number of ether oxygens (including phenoxy) is 2. The molecule has 0 spiro atoms. The van der Waals surface area contributed by atoms with E-state index in [0.29, 0.717) is 6.42 Å². The summed E-state index contributed by atoms with van der Waals surface area (Å²) in [5.41, 5.74) is -2.66. The Morgan fingerprint density at radius 2 is 1.35 bits per heavy atom. The molecule has 0 heterocycles. The fraction of sp³-hybridized carbons (Fsp3) is 0.714. The van der Waals surface area contributed by atoms with Gasteiger partial charge in [-0.05, 0) is 25.7 Å². The fourth-order valence-electron chi connectivity index (χ4n) is 4.47. The van der Waals surface area contributed by atoms with E-state index in [2.05, 4.69) is 0 Å². The first-order chi connectivity index (χ1) is 9.41. The van der Waals surface area contributed by atoms with Gasteiger partial charge in [-0.2, -0.15) is 0 Å². The van der Waals surface area contributed by atoms with E-state index in [-0.39, 0.29) is 30.8 Å². The van der Waals surface area contributed by atoms with Gasteiger partial charge in [0.1, 0.15) is 10.8 Å². The van der Waals surface area contributed by atoms with E-state index in [0.717, 1.165) is 0 Å². The molecule has 0 unspecified atom stereocenters. The van der Waals surface area contributed by atoms with E-state index >= 15 is 0 Å². The molecule has 6 heteroatoms. The Morgan fingerprint density at radius 3 is 1.70 bits per heavy atom. The summed E-state index contributed by atoms with van der Waals surface area (Å²) in [7, 11) is 2.45. The minimum Gasteiger partial charge on any atom is -0.468 e. The molecule has 0 saturated heterocycles. The molecule has 0 amide bonds. The molecule has 0 aromatic carbocycles. The second-order valence-corrected chi connectivity index (χ2v) is 6.09. The van der Waals surface area contributed by atoms with Crippen LogP contribution in [0.3, 0.4) is 0 Å². The summed E-state index contributed by atoms with van der Waals surface area (Å²) in [6.45, 7) is 0. The lowest BCUT2D eigenvalue weighted by atomic mass is 9.43. The zero-order valence-electron chi connectivity index (χ0n) is 11.4. The van der Waals surface area contributed by atoms with Crippen LogP contribution in [0, 0.1) is 22.7 Å². The molecule has 0 aromatic heterocycles. The monoisotopic (exact) mass is 280 g/mol. The number of hydrogen-bond acceptors (Lipinski definition) is 6. The summed E-state index contributed by atoms with van der Waals surface area (Å²) in [5, 5.41) is 0. The summed E-state index contributed by atoms with van der Waals surface area (Å²) in [5.74, 6) is -2.44. The number of rotatable bonds is 2. The molecular formula is C14H16O6. The largest absolute Gasteiger partial charge is 0.468 e. The van der Waals surface area contributed by atoms with Crippen molar-refractivity contribution in [2.45, 2.75) is 25.7 Å². The van der Waals surface area contributed by atoms with Crippen LogP contribution >= 0.6 is 0 Å². The third-order valence-electron chi connectivity index (χ3n) is 5.20. The molecule has 20 heavy (non-hydrogen) atoms. The Bertz CT molecular complexity index is 492. The first-order valence-corrected chi connectivity index (χ1v) is 6.67. The van der Waals surface area contributed by atoms with Crippen LogP contribution in [-0.4, -0.2) is 37.7 Å². The van der Waals surface area contributed by atoms with Crippen LogP contribution in [-0.2, 0) is 28.7 Å². The average Bonchev–Trinajstić information content (AvgIpc) is 2.44. The van der Waals surface area contributed by atoms with E-state index in [1.165, 1.54) is 14.2 Å². The quantitative estimate of drug-likeness (QED) is 0.533. The topological polar surface area (TPSA) is 86.7 Å². The summed E-state index contributed by atoms with van der Waals surface area (Å²) >= 11 is 0. The summed E-state index contributed by atoms with van der Waals surface area (Å²) < 4.78 is 9.55.